The highest BCUT2D eigenvalue weighted by Gasteiger charge is 2.81. The van der Waals surface area contributed by atoms with E-state index in [1.54, 1.807) is 25.1 Å². The molecule has 1 spiro atoms. The number of alkyl halides is 3. The van der Waals surface area contributed by atoms with E-state index >= 15 is 0 Å². The summed E-state index contributed by atoms with van der Waals surface area (Å²) in [6.07, 6.45) is -2.33. The van der Waals surface area contributed by atoms with Gasteiger partial charge in [0, 0.05) is 11.1 Å². The summed E-state index contributed by atoms with van der Waals surface area (Å²) >= 11 is 0. The number of hydrogen-bond donors (Lipinski definition) is 4. The second-order valence-electron chi connectivity index (χ2n) is 9.12. The van der Waals surface area contributed by atoms with E-state index < -0.39 is 34.9 Å². The van der Waals surface area contributed by atoms with Crippen LogP contribution in [0.25, 0.3) is 0 Å². The molecule has 0 saturated heterocycles. The van der Waals surface area contributed by atoms with Crippen molar-refractivity contribution in [2.24, 2.45) is 10.8 Å². The fourth-order valence-corrected chi connectivity index (χ4v) is 4.79. The summed E-state index contributed by atoms with van der Waals surface area (Å²) < 4.78 is 38.7. The molecule has 0 radical (unpaired) electrons. The van der Waals surface area contributed by atoms with Crippen LogP contribution >= 0.6 is 0 Å². The van der Waals surface area contributed by atoms with Crippen LogP contribution in [-0.2, 0) is 6.18 Å². The molecule has 4 N–H and O–H groups in total. The maximum absolute atomic E-state index is 12.9. The lowest BCUT2D eigenvalue weighted by Gasteiger charge is -2.49. The van der Waals surface area contributed by atoms with Crippen molar-refractivity contribution in [3.63, 3.8) is 0 Å². The molecule has 0 aliphatic heterocycles. The predicted molar refractivity (Wildman–Crippen MR) is 108 cm³/mol. The van der Waals surface area contributed by atoms with Crippen LogP contribution in [0.4, 0.5) is 18.9 Å². The van der Waals surface area contributed by atoms with Crippen LogP contribution in [0.3, 0.4) is 0 Å². The van der Waals surface area contributed by atoms with E-state index in [9.17, 15) is 33.6 Å². The molecule has 168 valence electrons. The Kier molecular flexibility index (Phi) is 4.76. The molecule has 2 fully saturated rings. The van der Waals surface area contributed by atoms with Gasteiger partial charge >= 0.3 is 6.18 Å². The van der Waals surface area contributed by atoms with Gasteiger partial charge in [0.15, 0.2) is 0 Å². The minimum absolute atomic E-state index is 0.167. The first-order valence-electron chi connectivity index (χ1n) is 10.2. The number of para-hydroxylation sites is 1. The second kappa shape index (κ2) is 6.68. The summed E-state index contributed by atoms with van der Waals surface area (Å²) in [5.41, 5.74) is -1.70. The first kappa shape index (κ1) is 22.1. The standard InChI is InChI=1S/C23H26F3NO4/c1-15(16-8-10-17(11-9-16)21(24,25)26)22(28,29)27(18-6-4-3-5-7-18)23(30,31)19(2)14-20(19)12-13-20/h3-11,15,28-31H,12-14H2,1-2H3. The lowest BCUT2D eigenvalue weighted by molar-refractivity contribution is -0.283. The molecule has 2 saturated carbocycles. The van der Waals surface area contributed by atoms with Gasteiger partial charge in [-0.05, 0) is 54.5 Å². The van der Waals surface area contributed by atoms with Crippen molar-refractivity contribution in [2.45, 2.75) is 57.0 Å². The molecular weight excluding hydrogens is 411 g/mol. The number of aliphatic hydroxyl groups is 4. The fourth-order valence-electron chi connectivity index (χ4n) is 4.79. The zero-order chi connectivity index (χ0) is 22.9. The Labute approximate surface area is 178 Å². The topological polar surface area (TPSA) is 84.2 Å². The molecule has 2 unspecified atom stereocenters. The first-order valence-corrected chi connectivity index (χ1v) is 10.2. The summed E-state index contributed by atoms with van der Waals surface area (Å²) in [6.45, 7) is 3.12. The van der Waals surface area contributed by atoms with Crippen LogP contribution in [0.1, 0.15) is 50.2 Å². The zero-order valence-corrected chi connectivity index (χ0v) is 17.3. The van der Waals surface area contributed by atoms with Gasteiger partial charge in [0.1, 0.15) is 0 Å². The van der Waals surface area contributed by atoms with E-state index in [0.29, 0.717) is 6.42 Å². The SMILES string of the molecule is CC(c1ccc(C(F)(F)F)cc1)C(O)(O)N(c1ccccc1)C(O)(O)C1(C)CC12CC2. The van der Waals surface area contributed by atoms with Crippen molar-refractivity contribution < 1.29 is 33.6 Å². The van der Waals surface area contributed by atoms with Crippen molar-refractivity contribution in [3.05, 3.63) is 65.7 Å². The predicted octanol–water partition coefficient (Wildman–Crippen LogP) is 3.78. The van der Waals surface area contributed by atoms with E-state index in [1.807, 2.05) is 0 Å². The summed E-state index contributed by atoms with van der Waals surface area (Å²) in [6, 6.07) is 12.0. The van der Waals surface area contributed by atoms with E-state index in [-0.39, 0.29) is 16.7 Å². The maximum atomic E-state index is 12.9. The minimum Gasteiger partial charge on any atom is -0.348 e. The van der Waals surface area contributed by atoms with E-state index in [4.69, 9.17) is 0 Å². The van der Waals surface area contributed by atoms with Crippen molar-refractivity contribution in [1.82, 2.24) is 0 Å². The van der Waals surface area contributed by atoms with E-state index in [0.717, 1.165) is 42.0 Å². The Hall–Kier alpha value is -2.13. The molecule has 0 aromatic heterocycles. The van der Waals surface area contributed by atoms with Gasteiger partial charge in [0.05, 0.1) is 11.5 Å². The quantitative estimate of drug-likeness (QED) is 0.517. The molecule has 4 rings (SSSR count). The molecule has 2 atom stereocenters. The lowest BCUT2D eigenvalue weighted by Crippen LogP contribution is -2.67. The third-order valence-corrected chi connectivity index (χ3v) is 7.31. The summed E-state index contributed by atoms with van der Waals surface area (Å²) in [5, 5.41) is 45.1. The van der Waals surface area contributed by atoms with Crippen molar-refractivity contribution in [1.29, 1.82) is 0 Å². The maximum Gasteiger partial charge on any atom is 0.416 e. The number of benzene rings is 2. The van der Waals surface area contributed by atoms with Crippen molar-refractivity contribution in [3.8, 4) is 0 Å². The minimum atomic E-state index is -4.52. The number of nitrogens with zero attached hydrogens (tertiary/aromatic N) is 1. The van der Waals surface area contributed by atoms with Crippen molar-refractivity contribution >= 4 is 5.69 Å². The van der Waals surface area contributed by atoms with Crippen LogP contribution in [0.2, 0.25) is 0 Å². The molecule has 0 bridgehead atoms. The number of hydrogen-bond acceptors (Lipinski definition) is 5. The van der Waals surface area contributed by atoms with Crippen LogP contribution in [0, 0.1) is 10.8 Å². The highest BCUT2D eigenvalue weighted by atomic mass is 19.4. The van der Waals surface area contributed by atoms with Crippen molar-refractivity contribution in [2.75, 3.05) is 4.90 Å². The molecule has 2 aliphatic rings. The molecule has 2 aromatic rings. The third kappa shape index (κ3) is 3.33. The largest absolute Gasteiger partial charge is 0.416 e. The molecular formula is C23H26F3NO4. The highest BCUT2D eigenvalue weighted by molar-refractivity contribution is 5.52. The first-order chi connectivity index (χ1) is 14.3. The number of halogens is 3. The van der Waals surface area contributed by atoms with Gasteiger partial charge in [-0.25, -0.2) is 0 Å². The molecule has 2 aromatic carbocycles. The Morgan fingerprint density at radius 2 is 1.45 bits per heavy atom. The van der Waals surface area contributed by atoms with Gasteiger partial charge in [-0.3, -0.25) is 4.90 Å². The normalized spacial score (nSPS) is 23.5. The number of anilines is 1. The average molecular weight is 437 g/mol. The van der Waals surface area contributed by atoms with Gasteiger partial charge in [-0.1, -0.05) is 44.2 Å². The second-order valence-corrected chi connectivity index (χ2v) is 9.12. The van der Waals surface area contributed by atoms with Gasteiger partial charge < -0.3 is 20.4 Å². The van der Waals surface area contributed by atoms with Crippen LogP contribution < -0.4 is 4.90 Å². The Balaban J connectivity index is 1.73. The fraction of sp³-hybridized carbons (Fsp3) is 0.478. The molecule has 8 heteroatoms. The van der Waals surface area contributed by atoms with Crippen LogP contribution in [-0.4, -0.2) is 32.2 Å². The summed E-state index contributed by atoms with van der Waals surface area (Å²) in [7, 11) is 0. The molecule has 2 aliphatic carbocycles. The smallest absolute Gasteiger partial charge is 0.348 e. The highest BCUT2D eigenvalue weighted by Crippen LogP contribution is 2.82. The average Bonchev–Trinajstić information content (AvgIpc) is 3.59. The molecule has 0 heterocycles. The lowest BCUT2D eigenvalue weighted by atomic mass is 9.91. The Morgan fingerprint density at radius 3 is 1.90 bits per heavy atom. The Bertz CT molecular complexity index is 955. The van der Waals surface area contributed by atoms with Crippen LogP contribution in [0.15, 0.2) is 54.6 Å². The van der Waals surface area contributed by atoms with E-state index in [2.05, 4.69) is 0 Å². The van der Waals surface area contributed by atoms with Gasteiger partial charge in [-0.15, -0.1) is 0 Å². The Morgan fingerprint density at radius 1 is 0.903 bits per heavy atom. The molecule has 31 heavy (non-hydrogen) atoms. The molecule has 5 nitrogen and oxygen atoms in total. The van der Waals surface area contributed by atoms with Crippen LogP contribution in [0.5, 0.6) is 0 Å². The zero-order valence-electron chi connectivity index (χ0n) is 17.3. The monoisotopic (exact) mass is 437 g/mol. The summed E-state index contributed by atoms with van der Waals surface area (Å²) in [5.74, 6) is -6.59. The van der Waals surface area contributed by atoms with E-state index in [1.165, 1.54) is 19.1 Å². The number of rotatable bonds is 6. The van der Waals surface area contributed by atoms with Gasteiger partial charge in [-0.2, -0.15) is 13.2 Å². The van der Waals surface area contributed by atoms with Gasteiger partial charge in [0.2, 0.25) is 0 Å². The molecule has 0 amide bonds. The van der Waals surface area contributed by atoms with Gasteiger partial charge in [0.25, 0.3) is 11.8 Å². The summed E-state index contributed by atoms with van der Waals surface area (Å²) in [4.78, 5) is 0.773. The third-order valence-electron chi connectivity index (χ3n) is 7.31.